The molecule has 10 rings (SSSR count). The van der Waals surface area contributed by atoms with Gasteiger partial charge in [0.15, 0.2) is 0 Å². The summed E-state index contributed by atoms with van der Waals surface area (Å²) in [5, 5.41) is 7.58. The predicted octanol–water partition coefficient (Wildman–Crippen LogP) is 13.4. The van der Waals surface area contributed by atoms with Crippen molar-refractivity contribution in [2.45, 2.75) is 0 Å². The molecule has 0 radical (unpaired) electrons. The van der Waals surface area contributed by atoms with Crippen molar-refractivity contribution in [2.75, 3.05) is 4.90 Å². The average Bonchev–Trinajstić information content (AvgIpc) is 3.72. The highest BCUT2D eigenvalue weighted by atomic mass is 32.1. The monoisotopic (exact) mass is 642 g/mol. The van der Waals surface area contributed by atoms with Gasteiger partial charge in [-0.15, -0.1) is 11.3 Å². The second kappa shape index (κ2) is 11.2. The zero-order chi connectivity index (χ0) is 32.3. The minimum absolute atomic E-state index is 1.12. The van der Waals surface area contributed by atoms with E-state index >= 15 is 0 Å². The van der Waals surface area contributed by atoms with E-state index < -0.39 is 0 Å². The van der Waals surface area contributed by atoms with Crippen molar-refractivity contribution in [3.8, 4) is 16.8 Å². The van der Waals surface area contributed by atoms with Crippen LogP contribution >= 0.6 is 11.3 Å². The molecular formula is C46H30N2S. The molecule has 230 valence electrons. The zero-order valence-corrected chi connectivity index (χ0v) is 27.4. The van der Waals surface area contributed by atoms with Gasteiger partial charge >= 0.3 is 0 Å². The van der Waals surface area contributed by atoms with E-state index in [-0.39, 0.29) is 0 Å². The third-order valence-electron chi connectivity index (χ3n) is 9.78. The lowest BCUT2D eigenvalue weighted by Crippen LogP contribution is -2.12. The molecule has 0 aliphatic heterocycles. The van der Waals surface area contributed by atoms with Gasteiger partial charge in [0, 0.05) is 37.6 Å². The van der Waals surface area contributed by atoms with E-state index in [9.17, 15) is 0 Å². The average molecular weight is 643 g/mol. The van der Waals surface area contributed by atoms with Gasteiger partial charge in [0.05, 0.1) is 27.1 Å². The van der Waals surface area contributed by atoms with Gasteiger partial charge in [-0.25, -0.2) is 0 Å². The fourth-order valence-electron chi connectivity index (χ4n) is 7.61. The van der Waals surface area contributed by atoms with Crippen molar-refractivity contribution in [2.24, 2.45) is 0 Å². The molecule has 0 fully saturated rings. The highest BCUT2D eigenvalue weighted by Crippen LogP contribution is 2.48. The Balaban J connectivity index is 1.27. The highest BCUT2D eigenvalue weighted by Gasteiger charge is 2.23. The maximum atomic E-state index is 2.48. The van der Waals surface area contributed by atoms with Gasteiger partial charge < -0.3 is 9.47 Å². The van der Waals surface area contributed by atoms with E-state index in [1.54, 1.807) is 0 Å². The molecular weight excluding hydrogens is 613 g/mol. The molecule has 0 spiro atoms. The lowest BCUT2D eigenvalue weighted by Gasteiger charge is -2.28. The van der Waals surface area contributed by atoms with Crippen molar-refractivity contribution in [1.29, 1.82) is 0 Å². The molecule has 0 saturated heterocycles. The Kier molecular flexibility index (Phi) is 6.39. The molecule has 2 heterocycles. The first-order chi connectivity index (χ1) is 24.3. The van der Waals surface area contributed by atoms with Crippen LogP contribution in [0.25, 0.3) is 69.6 Å². The summed E-state index contributed by atoms with van der Waals surface area (Å²) < 4.78 is 5.01. The van der Waals surface area contributed by atoms with E-state index in [0.717, 1.165) is 17.1 Å². The summed E-state index contributed by atoms with van der Waals surface area (Å²) in [6.07, 6.45) is 0. The molecule has 49 heavy (non-hydrogen) atoms. The normalized spacial score (nSPS) is 11.7. The van der Waals surface area contributed by atoms with Gasteiger partial charge in [-0.3, -0.25) is 0 Å². The minimum Gasteiger partial charge on any atom is -0.307 e. The Hall–Kier alpha value is -6.16. The number of hydrogen-bond acceptors (Lipinski definition) is 2. The lowest BCUT2D eigenvalue weighted by atomic mass is 9.98. The number of para-hydroxylation sites is 3. The van der Waals surface area contributed by atoms with Crippen LogP contribution in [-0.2, 0) is 0 Å². The largest absolute Gasteiger partial charge is 0.307 e. The van der Waals surface area contributed by atoms with Crippen LogP contribution in [0.5, 0.6) is 0 Å². The summed E-state index contributed by atoms with van der Waals surface area (Å²) in [5.74, 6) is 0. The topological polar surface area (TPSA) is 8.17 Å². The van der Waals surface area contributed by atoms with Crippen molar-refractivity contribution in [3.63, 3.8) is 0 Å². The molecule has 0 N–H and O–H groups in total. The number of anilines is 3. The molecule has 0 aliphatic rings. The van der Waals surface area contributed by atoms with E-state index in [0.29, 0.717) is 0 Å². The second-order valence-corrected chi connectivity index (χ2v) is 13.6. The van der Waals surface area contributed by atoms with Gasteiger partial charge in [0.25, 0.3) is 0 Å². The molecule has 0 bridgehead atoms. The Labute approximate surface area is 288 Å². The van der Waals surface area contributed by atoms with Crippen LogP contribution in [0, 0.1) is 0 Å². The first-order valence-corrected chi connectivity index (χ1v) is 17.5. The van der Waals surface area contributed by atoms with E-state index in [2.05, 4.69) is 191 Å². The maximum Gasteiger partial charge on any atom is 0.0782 e. The van der Waals surface area contributed by atoms with Crippen LogP contribution in [0.2, 0.25) is 0 Å². The zero-order valence-electron chi connectivity index (χ0n) is 26.6. The number of fused-ring (bicyclic) bond motifs is 7. The molecule has 8 aromatic carbocycles. The summed E-state index contributed by atoms with van der Waals surface area (Å²) in [5.41, 5.74) is 9.41. The summed E-state index contributed by atoms with van der Waals surface area (Å²) >= 11 is 1.87. The van der Waals surface area contributed by atoms with Crippen molar-refractivity contribution >= 4 is 81.1 Å². The number of aromatic nitrogens is 1. The number of benzene rings is 8. The fraction of sp³-hybridized carbons (Fsp3) is 0. The van der Waals surface area contributed by atoms with Crippen molar-refractivity contribution in [1.82, 2.24) is 4.57 Å². The Morgan fingerprint density at radius 2 is 1.06 bits per heavy atom. The quantitative estimate of drug-likeness (QED) is 0.181. The highest BCUT2D eigenvalue weighted by molar-refractivity contribution is 7.26. The first-order valence-electron chi connectivity index (χ1n) is 16.7. The van der Waals surface area contributed by atoms with Gasteiger partial charge in [-0.05, 0) is 70.4 Å². The Morgan fingerprint density at radius 1 is 0.429 bits per heavy atom. The summed E-state index contributed by atoms with van der Waals surface area (Å²) in [6.45, 7) is 0. The van der Waals surface area contributed by atoms with Gasteiger partial charge in [-0.1, -0.05) is 133 Å². The molecule has 10 aromatic rings. The third-order valence-corrected chi connectivity index (χ3v) is 11.0. The molecule has 2 aromatic heterocycles. The van der Waals surface area contributed by atoms with E-state index in [4.69, 9.17) is 0 Å². The van der Waals surface area contributed by atoms with E-state index in [1.807, 2.05) is 11.3 Å². The lowest BCUT2D eigenvalue weighted by molar-refractivity contribution is 1.17. The number of thiophene rings is 1. The standard InChI is InChI=1S/C46H30N2S/c1-2-15-33(16-3-1)48-41-23-8-6-18-37(41)39-21-11-24-42(45(39)48)47(43-25-12-22-40-38-19-7-9-26-44(38)49-46(40)43)34-29-27-32(28-30-34)36-20-10-14-31-13-4-5-17-35(31)36/h1-30H. The van der Waals surface area contributed by atoms with E-state index in [1.165, 1.54) is 69.6 Å². The van der Waals surface area contributed by atoms with Crippen LogP contribution in [-0.4, -0.2) is 4.57 Å². The summed E-state index contributed by atoms with van der Waals surface area (Å²) in [4.78, 5) is 2.48. The number of hydrogen-bond donors (Lipinski definition) is 0. The number of rotatable bonds is 5. The van der Waals surface area contributed by atoms with Gasteiger partial charge in [0.2, 0.25) is 0 Å². The predicted molar refractivity (Wildman–Crippen MR) is 211 cm³/mol. The molecule has 0 unspecified atom stereocenters. The first kappa shape index (κ1) is 27.9. The van der Waals surface area contributed by atoms with Crippen LogP contribution in [0.4, 0.5) is 17.1 Å². The smallest absolute Gasteiger partial charge is 0.0782 e. The fourth-order valence-corrected chi connectivity index (χ4v) is 8.82. The van der Waals surface area contributed by atoms with Crippen molar-refractivity contribution in [3.05, 3.63) is 182 Å². The van der Waals surface area contributed by atoms with Gasteiger partial charge in [0.1, 0.15) is 0 Å². The molecule has 2 nitrogen and oxygen atoms in total. The number of nitrogens with zero attached hydrogens (tertiary/aromatic N) is 2. The molecule has 0 atom stereocenters. The summed E-state index contributed by atoms with van der Waals surface area (Å²) in [7, 11) is 0. The van der Waals surface area contributed by atoms with Crippen molar-refractivity contribution < 1.29 is 0 Å². The summed E-state index contributed by atoms with van der Waals surface area (Å²) in [6, 6.07) is 66.2. The Bertz CT molecular complexity index is 2820. The Morgan fingerprint density at radius 3 is 1.92 bits per heavy atom. The molecule has 0 amide bonds. The molecule has 3 heteroatoms. The third kappa shape index (κ3) is 4.40. The maximum absolute atomic E-state index is 2.48. The second-order valence-electron chi connectivity index (χ2n) is 12.5. The minimum atomic E-state index is 1.12. The van der Waals surface area contributed by atoms with Crippen LogP contribution in [0.3, 0.4) is 0 Å². The van der Waals surface area contributed by atoms with Crippen LogP contribution in [0.1, 0.15) is 0 Å². The van der Waals surface area contributed by atoms with Crippen LogP contribution in [0.15, 0.2) is 182 Å². The van der Waals surface area contributed by atoms with Gasteiger partial charge in [-0.2, -0.15) is 0 Å². The van der Waals surface area contributed by atoms with Crippen LogP contribution < -0.4 is 4.90 Å². The molecule has 0 saturated carbocycles. The SMILES string of the molecule is c1ccc(-n2c3ccccc3c3cccc(N(c4ccc(-c5cccc6ccccc56)cc4)c4cccc5c4sc4ccccc45)c32)cc1. The molecule has 0 aliphatic carbocycles.